The second kappa shape index (κ2) is 71.1. The molecule has 0 spiro atoms. The van der Waals surface area contributed by atoms with Crippen LogP contribution in [0.4, 0.5) is 0 Å². The van der Waals surface area contributed by atoms with Crippen molar-refractivity contribution in [3.8, 4) is 0 Å². The van der Waals surface area contributed by atoms with E-state index in [4.69, 9.17) is 14.2 Å². The fourth-order valence-corrected chi connectivity index (χ4v) is 10.5. The van der Waals surface area contributed by atoms with Gasteiger partial charge in [0.1, 0.15) is 13.2 Å². The Labute approximate surface area is 515 Å². The number of carbonyl (C=O) groups is 3. The number of unbranched alkanes of at least 4 members (excludes halogenated alkanes) is 41. The van der Waals surface area contributed by atoms with Gasteiger partial charge in [-0.2, -0.15) is 0 Å². The first-order valence-electron chi connectivity index (χ1n) is 36.1. The van der Waals surface area contributed by atoms with Crippen molar-refractivity contribution in [1.82, 2.24) is 0 Å². The number of carbonyl (C=O) groups excluding carboxylic acids is 3. The fourth-order valence-electron chi connectivity index (χ4n) is 10.5. The molecule has 0 aliphatic rings. The lowest BCUT2D eigenvalue weighted by atomic mass is 10.0. The zero-order valence-electron chi connectivity index (χ0n) is 55.2. The van der Waals surface area contributed by atoms with E-state index >= 15 is 0 Å². The van der Waals surface area contributed by atoms with Crippen LogP contribution >= 0.6 is 0 Å². The minimum Gasteiger partial charge on any atom is -0.462 e. The molecule has 0 radical (unpaired) electrons. The van der Waals surface area contributed by atoms with Gasteiger partial charge in [-0.3, -0.25) is 14.4 Å². The molecule has 0 rings (SSSR count). The Morgan fingerprint density at radius 3 is 0.735 bits per heavy atom. The number of hydrogen-bond acceptors (Lipinski definition) is 6. The fraction of sp³-hybridized carbons (Fsp3) is 0.779. The van der Waals surface area contributed by atoms with Crippen LogP contribution in [0.1, 0.15) is 367 Å². The third-order valence-corrected chi connectivity index (χ3v) is 15.9. The van der Waals surface area contributed by atoms with Crippen LogP contribution in [-0.4, -0.2) is 37.2 Å². The minimum atomic E-state index is -0.773. The molecule has 0 fully saturated rings. The highest BCUT2D eigenvalue weighted by molar-refractivity contribution is 5.71. The highest BCUT2D eigenvalue weighted by Crippen LogP contribution is 2.18. The number of rotatable bonds is 66. The highest BCUT2D eigenvalue weighted by atomic mass is 16.6. The van der Waals surface area contributed by atoms with E-state index in [1.807, 2.05) is 0 Å². The van der Waals surface area contributed by atoms with Gasteiger partial charge in [-0.25, -0.2) is 0 Å². The van der Waals surface area contributed by atoms with E-state index in [9.17, 15) is 14.4 Å². The number of ether oxygens (including phenoxy) is 3. The molecule has 0 amide bonds. The van der Waals surface area contributed by atoms with Gasteiger partial charge in [-0.15, -0.1) is 0 Å². The summed E-state index contributed by atoms with van der Waals surface area (Å²) < 4.78 is 16.9. The molecule has 0 aromatic carbocycles. The predicted molar refractivity (Wildman–Crippen MR) is 362 cm³/mol. The monoisotopic (exact) mass is 1160 g/mol. The molecule has 0 saturated carbocycles. The number of hydrogen-bond donors (Lipinski definition) is 0. The smallest absolute Gasteiger partial charge is 0.306 e. The summed E-state index contributed by atoms with van der Waals surface area (Å²) in [6.07, 6.45) is 95.2. The molecule has 0 aromatic heterocycles. The van der Waals surface area contributed by atoms with E-state index in [0.717, 1.165) is 103 Å². The normalized spacial score (nSPS) is 12.6. The van der Waals surface area contributed by atoms with Crippen LogP contribution in [0.15, 0.2) is 85.1 Å². The molecule has 0 aliphatic heterocycles. The molecular weight excluding hydrogens is 1020 g/mol. The van der Waals surface area contributed by atoms with Crippen LogP contribution in [-0.2, 0) is 28.6 Å². The first kappa shape index (κ1) is 79.6. The SMILES string of the molecule is CC/C=C\C/C=C\C/C=C\C/C=C\C/C=C\C/C=C\C/C=C\CCCCCCCCCCCCCC(=O)OCC(COC(=O)CCCCCCCC)OC(=O)CCCCCCCCCCCCCCCCCCCCCCCCCCCC. The lowest BCUT2D eigenvalue weighted by Crippen LogP contribution is -2.30. The third-order valence-electron chi connectivity index (χ3n) is 15.9. The van der Waals surface area contributed by atoms with Crippen molar-refractivity contribution in [2.24, 2.45) is 0 Å². The summed E-state index contributed by atoms with van der Waals surface area (Å²) in [5.74, 6) is -0.866. The van der Waals surface area contributed by atoms with Crippen LogP contribution in [0.5, 0.6) is 0 Å². The van der Waals surface area contributed by atoms with Gasteiger partial charge < -0.3 is 14.2 Å². The topological polar surface area (TPSA) is 78.9 Å². The lowest BCUT2D eigenvalue weighted by Gasteiger charge is -2.18. The van der Waals surface area contributed by atoms with Crippen LogP contribution in [0.2, 0.25) is 0 Å². The molecule has 1 atom stereocenters. The van der Waals surface area contributed by atoms with E-state index in [1.54, 1.807) is 0 Å². The Kier molecular flexibility index (Phi) is 68.2. The van der Waals surface area contributed by atoms with Crippen molar-refractivity contribution in [3.63, 3.8) is 0 Å². The van der Waals surface area contributed by atoms with Crippen LogP contribution < -0.4 is 0 Å². The Bertz CT molecular complexity index is 1570. The Balaban J connectivity index is 4.01. The van der Waals surface area contributed by atoms with Crippen molar-refractivity contribution in [3.05, 3.63) is 85.1 Å². The van der Waals surface area contributed by atoms with Crippen molar-refractivity contribution < 1.29 is 28.6 Å². The molecule has 480 valence electrons. The molecule has 0 heterocycles. The number of esters is 3. The van der Waals surface area contributed by atoms with Crippen molar-refractivity contribution >= 4 is 17.9 Å². The molecule has 0 aliphatic carbocycles. The third kappa shape index (κ3) is 69.3. The van der Waals surface area contributed by atoms with E-state index in [1.165, 1.54) is 225 Å². The highest BCUT2D eigenvalue weighted by Gasteiger charge is 2.19. The second-order valence-corrected chi connectivity index (χ2v) is 24.1. The summed E-state index contributed by atoms with van der Waals surface area (Å²) in [6, 6.07) is 0. The van der Waals surface area contributed by atoms with Crippen molar-refractivity contribution in [1.29, 1.82) is 0 Å². The van der Waals surface area contributed by atoms with Crippen molar-refractivity contribution in [2.75, 3.05) is 13.2 Å². The molecule has 83 heavy (non-hydrogen) atoms. The molecule has 6 nitrogen and oxygen atoms in total. The first-order valence-corrected chi connectivity index (χ1v) is 36.1. The average Bonchev–Trinajstić information content (AvgIpc) is 3.49. The summed E-state index contributed by atoms with van der Waals surface area (Å²) in [7, 11) is 0. The molecule has 0 N–H and O–H groups in total. The van der Waals surface area contributed by atoms with Crippen LogP contribution in [0.25, 0.3) is 0 Å². The Morgan fingerprint density at radius 2 is 0.470 bits per heavy atom. The van der Waals surface area contributed by atoms with Gasteiger partial charge in [0.25, 0.3) is 0 Å². The Hall–Kier alpha value is -3.41. The lowest BCUT2D eigenvalue weighted by molar-refractivity contribution is -0.167. The first-order chi connectivity index (χ1) is 41.0. The summed E-state index contributed by atoms with van der Waals surface area (Å²) in [5.41, 5.74) is 0. The van der Waals surface area contributed by atoms with Gasteiger partial charge in [-0.1, -0.05) is 356 Å². The molecule has 6 heteroatoms. The summed E-state index contributed by atoms with van der Waals surface area (Å²) in [6.45, 7) is 6.52. The summed E-state index contributed by atoms with van der Waals surface area (Å²) >= 11 is 0. The van der Waals surface area contributed by atoms with E-state index < -0.39 is 6.10 Å². The summed E-state index contributed by atoms with van der Waals surface area (Å²) in [4.78, 5) is 38.1. The Morgan fingerprint density at radius 1 is 0.253 bits per heavy atom. The largest absolute Gasteiger partial charge is 0.462 e. The standard InChI is InChI=1S/C77H136O6/c1-4-7-10-13-16-18-20-22-24-26-28-30-32-34-36-37-38-39-40-41-42-44-45-47-49-51-53-55-57-59-61-64-67-70-76(79)82-73-74(72-81-75(78)69-66-63-15-12-9-6-3)83-77(80)71-68-65-62-60-58-56-54-52-50-48-46-43-35-33-31-29-27-25-23-21-19-17-14-11-8-5-2/h7,10,16,18,22,24,28,30,34,36,38-39,41-42,74H,4-6,8-9,11-15,17,19-21,23,25-27,29,31-33,35,37,40,43-73H2,1-3H3/b10-7-,18-16-,24-22-,30-28-,36-34-,39-38-,42-41-. The second-order valence-electron chi connectivity index (χ2n) is 24.1. The van der Waals surface area contributed by atoms with Crippen LogP contribution in [0.3, 0.4) is 0 Å². The van der Waals surface area contributed by atoms with Gasteiger partial charge in [0, 0.05) is 19.3 Å². The van der Waals surface area contributed by atoms with E-state index in [2.05, 4.69) is 106 Å². The maximum atomic E-state index is 12.9. The molecule has 1 unspecified atom stereocenters. The van der Waals surface area contributed by atoms with Crippen LogP contribution in [0, 0.1) is 0 Å². The quantitative estimate of drug-likeness (QED) is 0.0261. The van der Waals surface area contributed by atoms with E-state index in [0.29, 0.717) is 19.3 Å². The van der Waals surface area contributed by atoms with Gasteiger partial charge >= 0.3 is 17.9 Å². The van der Waals surface area contributed by atoms with Gasteiger partial charge in [0.2, 0.25) is 0 Å². The zero-order chi connectivity index (χ0) is 59.9. The van der Waals surface area contributed by atoms with E-state index in [-0.39, 0.29) is 31.1 Å². The van der Waals surface area contributed by atoms with Crippen molar-refractivity contribution in [2.45, 2.75) is 374 Å². The number of allylic oxidation sites excluding steroid dienone is 14. The zero-order valence-corrected chi connectivity index (χ0v) is 55.2. The average molecular weight is 1160 g/mol. The molecule has 0 bridgehead atoms. The minimum absolute atomic E-state index is 0.0726. The maximum absolute atomic E-state index is 12.9. The predicted octanol–water partition coefficient (Wildman–Crippen LogP) is 25.0. The molecule has 0 aromatic rings. The summed E-state index contributed by atoms with van der Waals surface area (Å²) in [5, 5.41) is 0. The van der Waals surface area contributed by atoms with Gasteiger partial charge in [0.15, 0.2) is 6.10 Å². The molecule has 0 saturated heterocycles. The molecular formula is C77H136O6. The maximum Gasteiger partial charge on any atom is 0.306 e. The van der Waals surface area contributed by atoms with Gasteiger partial charge in [0.05, 0.1) is 0 Å². The van der Waals surface area contributed by atoms with Gasteiger partial charge in [-0.05, 0) is 77.0 Å².